The second kappa shape index (κ2) is 8.35. The molecule has 0 spiro atoms. The Morgan fingerprint density at radius 2 is 1.85 bits per heavy atom. The molecular formula is C18H21N3O6. The van der Waals surface area contributed by atoms with Crippen molar-refractivity contribution < 1.29 is 28.7 Å². The van der Waals surface area contributed by atoms with Crippen molar-refractivity contribution >= 4 is 23.8 Å². The molecule has 5 amide bonds. The van der Waals surface area contributed by atoms with Gasteiger partial charge >= 0.3 is 17.8 Å². The summed E-state index contributed by atoms with van der Waals surface area (Å²) < 4.78 is 10.5. The maximum Gasteiger partial charge on any atom is 0.335 e. The van der Waals surface area contributed by atoms with Crippen LogP contribution in [0.1, 0.15) is 18.5 Å². The molecular weight excluding hydrogens is 354 g/mol. The molecule has 1 heterocycles. The van der Waals surface area contributed by atoms with Crippen LogP contribution in [0.5, 0.6) is 11.5 Å². The van der Waals surface area contributed by atoms with Crippen LogP contribution in [0, 0.1) is 0 Å². The van der Waals surface area contributed by atoms with Crippen LogP contribution in [0.4, 0.5) is 4.79 Å². The summed E-state index contributed by atoms with van der Waals surface area (Å²) in [5.74, 6) is -1.48. The van der Waals surface area contributed by atoms with Gasteiger partial charge in [-0.3, -0.25) is 19.3 Å². The van der Waals surface area contributed by atoms with Gasteiger partial charge in [0, 0.05) is 12.1 Å². The largest absolute Gasteiger partial charge is 0.497 e. The Labute approximate surface area is 156 Å². The van der Waals surface area contributed by atoms with E-state index in [-0.39, 0.29) is 6.54 Å². The molecule has 0 aliphatic carbocycles. The van der Waals surface area contributed by atoms with Crippen LogP contribution in [0.3, 0.4) is 0 Å². The number of methoxy groups -OCH3 is 2. The van der Waals surface area contributed by atoms with Gasteiger partial charge < -0.3 is 14.8 Å². The minimum absolute atomic E-state index is 0.0983. The molecule has 27 heavy (non-hydrogen) atoms. The van der Waals surface area contributed by atoms with Gasteiger partial charge in [0.15, 0.2) is 0 Å². The first-order valence-electron chi connectivity index (χ1n) is 8.13. The lowest BCUT2D eigenvalue weighted by Crippen LogP contribution is -2.42. The number of nitrogens with zero attached hydrogens (tertiary/aromatic N) is 2. The molecule has 0 aromatic heterocycles. The van der Waals surface area contributed by atoms with Crippen molar-refractivity contribution in [3.05, 3.63) is 36.4 Å². The molecule has 144 valence electrons. The Morgan fingerprint density at radius 3 is 2.44 bits per heavy atom. The number of nitrogens with one attached hydrogen (secondary N) is 1. The van der Waals surface area contributed by atoms with E-state index in [0.29, 0.717) is 22.0 Å². The maximum atomic E-state index is 12.3. The number of benzene rings is 1. The lowest BCUT2D eigenvalue weighted by Gasteiger charge is -2.20. The van der Waals surface area contributed by atoms with Crippen molar-refractivity contribution in [1.82, 2.24) is 15.1 Å². The SMILES string of the molecule is C=CCN1C(=O)C(=O)N(CC(=O)N[C@H](C)c2cc(OC)ccc2OC)C1=O. The number of imide groups is 2. The number of hydrogen-bond donors (Lipinski definition) is 1. The highest BCUT2D eigenvalue weighted by molar-refractivity contribution is 6.45. The van der Waals surface area contributed by atoms with Gasteiger partial charge in [0.2, 0.25) is 5.91 Å². The smallest absolute Gasteiger partial charge is 0.335 e. The Bertz CT molecular complexity index is 791. The van der Waals surface area contributed by atoms with E-state index in [1.54, 1.807) is 25.1 Å². The maximum absolute atomic E-state index is 12.3. The minimum atomic E-state index is -1.04. The second-order valence-corrected chi connectivity index (χ2v) is 5.78. The topological polar surface area (TPSA) is 105 Å². The first kappa shape index (κ1) is 20.0. The van der Waals surface area contributed by atoms with Gasteiger partial charge in [-0.2, -0.15) is 0 Å². The molecule has 1 aliphatic heterocycles. The third-order valence-electron chi connectivity index (χ3n) is 4.03. The molecule has 1 N–H and O–H groups in total. The van der Waals surface area contributed by atoms with Crippen molar-refractivity contribution in [2.45, 2.75) is 13.0 Å². The highest BCUT2D eigenvalue weighted by atomic mass is 16.5. The van der Waals surface area contributed by atoms with Crippen LogP contribution in [0.2, 0.25) is 0 Å². The van der Waals surface area contributed by atoms with Gasteiger partial charge in [0.05, 0.1) is 20.3 Å². The van der Waals surface area contributed by atoms with E-state index in [2.05, 4.69) is 11.9 Å². The molecule has 0 unspecified atom stereocenters. The van der Waals surface area contributed by atoms with E-state index in [4.69, 9.17) is 9.47 Å². The minimum Gasteiger partial charge on any atom is -0.497 e. The molecule has 1 aliphatic rings. The molecule has 0 saturated carbocycles. The Kier molecular flexibility index (Phi) is 6.17. The van der Waals surface area contributed by atoms with Crippen molar-refractivity contribution in [2.24, 2.45) is 0 Å². The van der Waals surface area contributed by atoms with Crippen molar-refractivity contribution in [1.29, 1.82) is 0 Å². The molecule has 2 rings (SSSR count). The first-order chi connectivity index (χ1) is 12.8. The standard InChI is InChI=1S/C18H21N3O6/c1-5-8-20-16(23)17(24)21(18(20)25)10-15(22)19-11(2)13-9-12(26-3)6-7-14(13)27-4/h5-7,9,11H,1,8,10H2,2-4H3,(H,19,22)/t11-/m1/s1. The Hall–Kier alpha value is -3.36. The lowest BCUT2D eigenvalue weighted by atomic mass is 10.1. The third kappa shape index (κ3) is 4.08. The van der Waals surface area contributed by atoms with E-state index >= 15 is 0 Å². The average Bonchev–Trinajstić information content (AvgIpc) is 2.85. The summed E-state index contributed by atoms with van der Waals surface area (Å²) in [4.78, 5) is 49.5. The molecule has 9 nitrogen and oxygen atoms in total. The van der Waals surface area contributed by atoms with Crippen LogP contribution < -0.4 is 14.8 Å². The van der Waals surface area contributed by atoms with Gasteiger partial charge in [0.1, 0.15) is 18.0 Å². The number of carbonyl (C=O) groups is 4. The summed E-state index contributed by atoms with van der Waals surface area (Å²) >= 11 is 0. The Balaban J connectivity index is 2.09. The summed E-state index contributed by atoms with van der Waals surface area (Å²) in [6.45, 7) is 4.49. The summed E-state index contributed by atoms with van der Waals surface area (Å²) in [5.41, 5.74) is 0.661. The highest BCUT2D eigenvalue weighted by Crippen LogP contribution is 2.29. The second-order valence-electron chi connectivity index (χ2n) is 5.78. The fourth-order valence-corrected chi connectivity index (χ4v) is 2.67. The fourth-order valence-electron chi connectivity index (χ4n) is 2.67. The lowest BCUT2D eigenvalue weighted by molar-refractivity contribution is -0.143. The van der Waals surface area contributed by atoms with E-state index in [1.165, 1.54) is 20.3 Å². The number of urea groups is 1. The number of carbonyl (C=O) groups excluding carboxylic acids is 4. The average molecular weight is 375 g/mol. The van der Waals surface area contributed by atoms with Gasteiger partial charge in [-0.1, -0.05) is 6.08 Å². The van der Waals surface area contributed by atoms with E-state index in [0.717, 1.165) is 4.90 Å². The number of hydrogen-bond acceptors (Lipinski definition) is 6. The summed E-state index contributed by atoms with van der Waals surface area (Å²) in [6, 6.07) is 3.81. The fraction of sp³-hybridized carbons (Fsp3) is 0.333. The molecule has 1 atom stereocenters. The summed E-state index contributed by atoms with van der Waals surface area (Å²) in [7, 11) is 3.02. The van der Waals surface area contributed by atoms with Crippen molar-refractivity contribution in [3.63, 3.8) is 0 Å². The molecule has 1 aromatic rings. The molecule has 1 fully saturated rings. The number of ether oxygens (including phenoxy) is 2. The molecule has 0 bridgehead atoms. The van der Waals surface area contributed by atoms with Crippen LogP contribution in [0.25, 0.3) is 0 Å². The van der Waals surface area contributed by atoms with Crippen molar-refractivity contribution in [3.8, 4) is 11.5 Å². The predicted octanol–water partition coefficient (Wildman–Crippen LogP) is 0.858. The van der Waals surface area contributed by atoms with E-state index in [1.807, 2.05) is 0 Å². The van der Waals surface area contributed by atoms with E-state index in [9.17, 15) is 19.2 Å². The summed E-state index contributed by atoms with van der Waals surface area (Å²) in [6.07, 6.45) is 1.32. The molecule has 1 aromatic carbocycles. The summed E-state index contributed by atoms with van der Waals surface area (Å²) in [5, 5.41) is 2.68. The van der Waals surface area contributed by atoms with Crippen LogP contribution in [0.15, 0.2) is 30.9 Å². The zero-order valence-corrected chi connectivity index (χ0v) is 15.4. The van der Waals surface area contributed by atoms with Crippen molar-refractivity contribution in [2.75, 3.05) is 27.3 Å². The molecule has 0 radical (unpaired) electrons. The van der Waals surface area contributed by atoms with Crippen LogP contribution in [-0.2, 0) is 14.4 Å². The number of amides is 5. The zero-order chi connectivity index (χ0) is 20.1. The normalized spacial score (nSPS) is 15.0. The quantitative estimate of drug-likeness (QED) is 0.410. The third-order valence-corrected chi connectivity index (χ3v) is 4.03. The zero-order valence-electron chi connectivity index (χ0n) is 15.4. The van der Waals surface area contributed by atoms with Gasteiger partial charge in [-0.05, 0) is 25.1 Å². The first-order valence-corrected chi connectivity index (χ1v) is 8.13. The predicted molar refractivity (Wildman–Crippen MR) is 95.1 cm³/mol. The van der Waals surface area contributed by atoms with Gasteiger partial charge in [-0.25, -0.2) is 9.69 Å². The highest BCUT2D eigenvalue weighted by Gasteiger charge is 2.44. The van der Waals surface area contributed by atoms with Gasteiger partial charge in [0.25, 0.3) is 0 Å². The Morgan fingerprint density at radius 1 is 1.19 bits per heavy atom. The molecule has 9 heteroatoms. The van der Waals surface area contributed by atoms with Crippen LogP contribution >= 0.6 is 0 Å². The number of rotatable bonds is 8. The van der Waals surface area contributed by atoms with Crippen LogP contribution in [-0.4, -0.2) is 60.9 Å². The van der Waals surface area contributed by atoms with E-state index < -0.39 is 36.3 Å². The van der Waals surface area contributed by atoms with Gasteiger partial charge in [-0.15, -0.1) is 6.58 Å². The molecule has 1 saturated heterocycles. The monoisotopic (exact) mass is 375 g/mol.